The highest BCUT2D eigenvalue weighted by Crippen LogP contribution is 2.43. The first-order valence-corrected chi connectivity index (χ1v) is 12.0. The maximum absolute atomic E-state index is 13.0. The number of thiazole rings is 1. The van der Waals surface area contributed by atoms with Gasteiger partial charge < -0.3 is 15.3 Å². The summed E-state index contributed by atoms with van der Waals surface area (Å²) in [7, 11) is 3.47. The maximum atomic E-state index is 13.0. The lowest BCUT2D eigenvalue weighted by atomic mass is 9.78. The second-order valence-electron chi connectivity index (χ2n) is 9.04. The Balaban J connectivity index is 1.53. The number of anilines is 2. The van der Waals surface area contributed by atoms with Gasteiger partial charge in [-0.25, -0.2) is 15.0 Å². The molecule has 0 saturated heterocycles. The van der Waals surface area contributed by atoms with Crippen molar-refractivity contribution in [3.8, 4) is 10.4 Å². The number of carbonyl (C=O) groups is 1. The number of rotatable bonds is 5. The fourth-order valence-electron chi connectivity index (χ4n) is 4.25. The molecular weight excluding hydrogens is 479 g/mol. The average Bonchev–Trinajstić information content (AvgIpc) is 3.30. The minimum atomic E-state index is -4.56. The average molecular weight is 506 g/mol. The lowest BCUT2D eigenvalue weighted by Crippen LogP contribution is -2.37. The van der Waals surface area contributed by atoms with Crippen LogP contribution < -0.4 is 5.32 Å². The Morgan fingerprint density at radius 3 is 2.57 bits per heavy atom. The fourth-order valence-corrected chi connectivity index (χ4v) is 5.30. The van der Waals surface area contributed by atoms with Crippen molar-refractivity contribution in [2.24, 2.45) is 5.92 Å². The quantitative estimate of drug-likeness (QED) is 0.499. The normalized spacial score (nSPS) is 20.5. The predicted molar refractivity (Wildman–Crippen MR) is 127 cm³/mol. The van der Waals surface area contributed by atoms with E-state index in [0.717, 1.165) is 28.3 Å². The standard InChI is InChI=1S/C24H26F3N5O2S/c1-14-10-16(12-17(11-14)30-22-28-9-6-19(31-22)24(25,26)27)18-13-29-21(35-18)23(34)7-4-15(5-8-23)20(33)32(2)3/h6,9-13,15,34H,4-5,7-8H2,1-3H3,(H,28,30,31)/t15-,23+. The lowest BCUT2D eigenvalue weighted by molar-refractivity contribution is -0.141. The van der Waals surface area contributed by atoms with E-state index < -0.39 is 17.5 Å². The zero-order chi connectivity index (χ0) is 25.4. The molecule has 35 heavy (non-hydrogen) atoms. The van der Waals surface area contributed by atoms with Crippen LogP contribution in [0.25, 0.3) is 10.4 Å². The number of aryl methyl sites for hydroxylation is 1. The van der Waals surface area contributed by atoms with Gasteiger partial charge in [0.2, 0.25) is 11.9 Å². The number of amides is 1. The maximum Gasteiger partial charge on any atom is 0.433 e. The van der Waals surface area contributed by atoms with Gasteiger partial charge in [0.05, 0.1) is 4.88 Å². The van der Waals surface area contributed by atoms with Gasteiger partial charge in [-0.15, -0.1) is 11.3 Å². The van der Waals surface area contributed by atoms with Crippen molar-refractivity contribution in [1.82, 2.24) is 19.9 Å². The van der Waals surface area contributed by atoms with E-state index in [4.69, 9.17) is 0 Å². The summed E-state index contributed by atoms with van der Waals surface area (Å²) in [6.07, 6.45) is 0.292. The molecule has 0 bridgehead atoms. The first kappa shape index (κ1) is 25.1. The van der Waals surface area contributed by atoms with E-state index in [1.165, 1.54) is 11.3 Å². The number of alkyl halides is 3. The number of hydrogen-bond donors (Lipinski definition) is 2. The van der Waals surface area contributed by atoms with Gasteiger partial charge in [-0.3, -0.25) is 4.79 Å². The summed E-state index contributed by atoms with van der Waals surface area (Å²) in [5.41, 5.74) is 0.126. The molecule has 7 nitrogen and oxygen atoms in total. The van der Waals surface area contributed by atoms with Crippen molar-refractivity contribution in [2.45, 2.75) is 44.4 Å². The topological polar surface area (TPSA) is 91.2 Å². The van der Waals surface area contributed by atoms with E-state index in [2.05, 4.69) is 20.3 Å². The van der Waals surface area contributed by atoms with E-state index in [1.54, 1.807) is 37.3 Å². The van der Waals surface area contributed by atoms with E-state index in [9.17, 15) is 23.1 Å². The van der Waals surface area contributed by atoms with Crippen LogP contribution in [0.1, 0.15) is 41.9 Å². The third-order valence-electron chi connectivity index (χ3n) is 6.07. The SMILES string of the molecule is Cc1cc(Nc2nccc(C(F)(F)F)n2)cc(-c2cnc([C@]3(O)CC[C@@H](C(=O)N(C)C)CC3)s2)c1. The molecule has 2 heterocycles. The molecule has 2 aromatic heterocycles. The van der Waals surface area contributed by atoms with Crippen molar-refractivity contribution in [3.63, 3.8) is 0 Å². The van der Waals surface area contributed by atoms with Gasteiger partial charge in [0.25, 0.3) is 0 Å². The Kier molecular flexibility index (Phi) is 6.83. The summed E-state index contributed by atoms with van der Waals surface area (Å²) in [6.45, 7) is 1.88. The van der Waals surface area contributed by atoms with Crippen molar-refractivity contribution in [1.29, 1.82) is 0 Å². The van der Waals surface area contributed by atoms with Gasteiger partial charge >= 0.3 is 6.18 Å². The van der Waals surface area contributed by atoms with E-state index in [1.807, 2.05) is 13.0 Å². The molecule has 0 aliphatic heterocycles. The van der Waals surface area contributed by atoms with Gasteiger partial charge in [-0.1, -0.05) is 6.07 Å². The Morgan fingerprint density at radius 2 is 1.91 bits per heavy atom. The summed E-state index contributed by atoms with van der Waals surface area (Å²) < 4.78 is 38.9. The van der Waals surface area contributed by atoms with Gasteiger partial charge in [0, 0.05) is 38.1 Å². The minimum absolute atomic E-state index is 0.0800. The van der Waals surface area contributed by atoms with Gasteiger partial charge in [0.15, 0.2) is 0 Å². The van der Waals surface area contributed by atoms with E-state index in [-0.39, 0.29) is 17.8 Å². The highest BCUT2D eigenvalue weighted by Gasteiger charge is 2.39. The number of carbonyl (C=O) groups excluding carboxylic acids is 1. The summed E-state index contributed by atoms with van der Waals surface area (Å²) in [5, 5.41) is 14.7. The molecule has 2 N–H and O–H groups in total. The third kappa shape index (κ3) is 5.62. The fraction of sp³-hybridized carbons (Fsp3) is 0.417. The Labute approximate surface area is 205 Å². The van der Waals surface area contributed by atoms with Crippen LogP contribution in [0.4, 0.5) is 24.8 Å². The van der Waals surface area contributed by atoms with Crippen molar-refractivity contribution >= 4 is 28.9 Å². The summed E-state index contributed by atoms with van der Waals surface area (Å²) >= 11 is 1.37. The van der Waals surface area contributed by atoms with Crippen LogP contribution in [0, 0.1) is 12.8 Å². The molecule has 0 unspecified atom stereocenters. The molecule has 1 aliphatic rings. The van der Waals surface area contributed by atoms with Crippen LogP contribution in [-0.2, 0) is 16.6 Å². The van der Waals surface area contributed by atoms with Crippen LogP contribution in [0.15, 0.2) is 36.7 Å². The zero-order valence-electron chi connectivity index (χ0n) is 19.6. The number of nitrogens with zero attached hydrogens (tertiary/aromatic N) is 4. The van der Waals surface area contributed by atoms with Gasteiger partial charge in [0.1, 0.15) is 16.3 Å². The minimum Gasteiger partial charge on any atom is -0.383 e. The second-order valence-corrected chi connectivity index (χ2v) is 10.1. The predicted octanol–water partition coefficient (Wildman–Crippen LogP) is 5.14. The van der Waals surface area contributed by atoms with E-state index >= 15 is 0 Å². The van der Waals surface area contributed by atoms with Gasteiger partial charge in [-0.05, 0) is 61.9 Å². The molecule has 1 saturated carbocycles. The lowest BCUT2D eigenvalue weighted by Gasteiger charge is -2.34. The van der Waals surface area contributed by atoms with Crippen LogP contribution in [0.2, 0.25) is 0 Å². The molecule has 1 aliphatic carbocycles. The number of nitrogens with one attached hydrogen (secondary N) is 1. The van der Waals surface area contributed by atoms with E-state index in [0.29, 0.717) is 36.4 Å². The second kappa shape index (κ2) is 9.54. The molecule has 1 aromatic carbocycles. The third-order valence-corrected chi connectivity index (χ3v) is 7.31. The highest BCUT2D eigenvalue weighted by atomic mass is 32.1. The Morgan fingerprint density at radius 1 is 1.20 bits per heavy atom. The summed E-state index contributed by atoms with van der Waals surface area (Å²) in [5.74, 6) is -0.163. The number of aromatic nitrogens is 3. The van der Waals surface area contributed by atoms with Crippen LogP contribution in [0.5, 0.6) is 0 Å². The molecule has 186 valence electrons. The first-order chi connectivity index (χ1) is 16.4. The summed E-state index contributed by atoms with van der Waals surface area (Å²) in [4.78, 5) is 26.6. The molecule has 0 atom stereocenters. The number of hydrogen-bond acceptors (Lipinski definition) is 7. The number of benzene rings is 1. The molecule has 0 spiro atoms. The molecule has 3 aromatic rings. The first-order valence-electron chi connectivity index (χ1n) is 11.1. The molecular formula is C24H26F3N5O2S. The van der Waals surface area contributed by atoms with Crippen LogP contribution in [-0.4, -0.2) is 45.0 Å². The van der Waals surface area contributed by atoms with Crippen molar-refractivity contribution in [3.05, 3.63) is 52.9 Å². The molecule has 1 fully saturated rings. The van der Waals surface area contributed by atoms with Crippen LogP contribution >= 0.6 is 11.3 Å². The van der Waals surface area contributed by atoms with Crippen molar-refractivity contribution < 1.29 is 23.1 Å². The highest BCUT2D eigenvalue weighted by molar-refractivity contribution is 7.15. The molecule has 1 amide bonds. The number of aliphatic hydroxyl groups is 1. The number of halogens is 3. The molecule has 0 radical (unpaired) electrons. The molecule has 11 heteroatoms. The zero-order valence-corrected chi connectivity index (χ0v) is 20.4. The molecule has 4 rings (SSSR count). The summed E-state index contributed by atoms with van der Waals surface area (Å²) in [6, 6.07) is 6.32. The van der Waals surface area contributed by atoms with Gasteiger partial charge in [-0.2, -0.15) is 13.2 Å². The largest absolute Gasteiger partial charge is 0.433 e. The Hall–Kier alpha value is -3.05. The van der Waals surface area contributed by atoms with Crippen molar-refractivity contribution in [2.75, 3.05) is 19.4 Å². The smallest absolute Gasteiger partial charge is 0.383 e. The Bertz CT molecular complexity index is 1220. The van der Waals surface area contributed by atoms with Crippen LogP contribution in [0.3, 0.4) is 0 Å². The monoisotopic (exact) mass is 505 g/mol.